The number of benzene rings is 4. The van der Waals surface area contributed by atoms with Gasteiger partial charge in [0, 0.05) is 34.1 Å². The first kappa shape index (κ1) is 29.7. The monoisotopic (exact) mass is 589 g/mol. The number of carbonyl (C=O) groups excluding carboxylic acids is 2. The van der Waals surface area contributed by atoms with Crippen LogP contribution in [0.15, 0.2) is 108 Å². The van der Waals surface area contributed by atoms with E-state index >= 15 is 0 Å². The maximum absolute atomic E-state index is 13.3. The molecular formula is C35H35N5O2S. The Morgan fingerprint density at radius 1 is 0.907 bits per heavy atom. The van der Waals surface area contributed by atoms with Crippen LogP contribution >= 0.6 is 11.8 Å². The highest BCUT2D eigenvalue weighted by Gasteiger charge is 2.21. The summed E-state index contributed by atoms with van der Waals surface area (Å²) in [6.07, 6.45) is 1.23. The van der Waals surface area contributed by atoms with Gasteiger partial charge in [0.25, 0.3) is 0 Å². The number of imidazole rings is 1. The Morgan fingerprint density at radius 2 is 1.60 bits per heavy atom. The fourth-order valence-corrected chi connectivity index (χ4v) is 5.89. The smallest absolute Gasteiger partial charge is 0.315 e. The summed E-state index contributed by atoms with van der Waals surface area (Å²) in [6, 6.07) is 33.7. The molecule has 8 heteroatoms. The van der Waals surface area contributed by atoms with E-state index in [4.69, 9.17) is 4.98 Å². The highest BCUT2D eigenvalue weighted by atomic mass is 32.2. The molecule has 0 bridgehead atoms. The first-order valence-electron chi connectivity index (χ1n) is 14.2. The molecule has 7 nitrogen and oxygen atoms in total. The van der Waals surface area contributed by atoms with E-state index in [1.54, 1.807) is 11.8 Å². The number of amides is 3. The standard InChI is InChI=1S/C35H35N5O2S/c1-24-13-18-32(43-22-27-11-7-4-8-12-27)29(19-24)21-36-35(42)39-31(20-26-9-5-3-6-10-26)34-38-25(2)33(40-34)28-14-16-30(17-15-28)37-23-41/h3-19,23,31H,20-22H2,1-2H3,(H,37,41)(H,38,40)(H2,36,39,42)/t31-/m0/s1. The summed E-state index contributed by atoms with van der Waals surface area (Å²) < 4.78 is 0. The lowest BCUT2D eigenvalue weighted by Gasteiger charge is -2.18. The Hall–Kier alpha value is -4.82. The molecule has 1 heterocycles. The van der Waals surface area contributed by atoms with Crippen LogP contribution in [0.1, 0.15) is 39.8 Å². The molecule has 4 N–H and O–H groups in total. The molecule has 0 unspecified atom stereocenters. The molecule has 5 rings (SSSR count). The minimum absolute atomic E-state index is 0.263. The van der Waals surface area contributed by atoms with E-state index in [-0.39, 0.29) is 12.1 Å². The second-order valence-electron chi connectivity index (χ2n) is 10.4. The molecule has 0 aliphatic heterocycles. The van der Waals surface area contributed by atoms with E-state index in [0.29, 0.717) is 30.9 Å². The number of anilines is 1. The molecule has 0 aliphatic rings. The first-order valence-corrected chi connectivity index (χ1v) is 15.2. The van der Waals surface area contributed by atoms with Gasteiger partial charge in [0.05, 0.1) is 11.7 Å². The molecule has 5 aromatic rings. The van der Waals surface area contributed by atoms with Crippen molar-refractivity contribution in [3.8, 4) is 11.3 Å². The van der Waals surface area contributed by atoms with Crippen LogP contribution in [0.4, 0.5) is 10.5 Å². The Balaban J connectivity index is 1.31. The number of aromatic nitrogens is 2. The fraction of sp³-hybridized carbons (Fsp3) is 0.171. The number of rotatable bonds is 12. The van der Waals surface area contributed by atoms with Crippen molar-refractivity contribution in [2.45, 2.75) is 43.5 Å². The number of nitrogens with zero attached hydrogens (tertiary/aromatic N) is 1. The second-order valence-corrected chi connectivity index (χ2v) is 11.4. The number of urea groups is 1. The van der Waals surface area contributed by atoms with Crippen LogP contribution in [0.5, 0.6) is 0 Å². The minimum atomic E-state index is -0.379. The average molecular weight is 590 g/mol. The lowest BCUT2D eigenvalue weighted by molar-refractivity contribution is -0.105. The summed E-state index contributed by atoms with van der Waals surface area (Å²) in [5.74, 6) is 1.54. The topological polar surface area (TPSA) is 98.9 Å². The van der Waals surface area contributed by atoms with Gasteiger partial charge < -0.3 is 20.9 Å². The molecule has 0 spiro atoms. The summed E-state index contributed by atoms with van der Waals surface area (Å²) in [5.41, 5.74) is 7.90. The number of nitrogens with one attached hydrogen (secondary N) is 4. The molecule has 43 heavy (non-hydrogen) atoms. The summed E-state index contributed by atoms with van der Waals surface area (Å²) >= 11 is 1.77. The number of hydrogen-bond acceptors (Lipinski definition) is 4. The second kappa shape index (κ2) is 14.4. The van der Waals surface area contributed by atoms with E-state index in [9.17, 15) is 9.59 Å². The van der Waals surface area contributed by atoms with Gasteiger partial charge in [0.15, 0.2) is 0 Å². The molecule has 3 amide bonds. The van der Waals surface area contributed by atoms with Crippen molar-refractivity contribution in [2.75, 3.05) is 5.32 Å². The van der Waals surface area contributed by atoms with Gasteiger partial charge in [-0.25, -0.2) is 9.78 Å². The van der Waals surface area contributed by atoms with Crippen LogP contribution in [-0.4, -0.2) is 22.4 Å². The van der Waals surface area contributed by atoms with Gasteiger partial charge in [0.2, 0.25) is 6.41 Å². The SMILES string of the molecule is Cc1ccc(SCc2ccccc2)c(CNC(=O)N[C@@H](Cc2ccccc2)c2nc(-c3ccc(NC=O)cc3)c(C)[nH]2)c1. The maximum atomic E-state index is 13.3. The van der Waals surface area contributed by atoms with Crippen molar-refractivity contribution in [1.29, 1.82) is 0 Å². The Kier molecular flexibility index (Phi) is 9.92. The maximum Gasteiger partial charge on any atom is 0.315 e. The van der Waals surface area contributed by atoms with E-state index in [0.717, 1.165) is 44.3 Å². The molecule has 0 aliphatic carbocycles. The molecular weight excluding hydrogens is 554 g/mol. The Morgan fingerprint density at radius 3 is 2.30 bits per heavy atom. The molecule has 0 saturated carbocycles. The van der Waals surface area contributed by atoms with Crippen molar-refractivity contribution < 1.29 is 9.59 Å². The van der Waals surface area contributed by atoms with Crippen LogP contribution in [0.3, 0.4) is 0 Å². The van der Waals surface area contributed by atoms with Gasteiger partial charge in [-0.3, -0.25) is 4.79 Å². The number of carbonyl (C=O) groups is 2. The summed E-state index contributed by atoms with van der Waals surface area (Å²) in [7, 11) is 0. The highest BCUT2D eigenvalue weighted by molar-refractivity contribution is 7.98. The molecule has 1 aromatic heterocycles. The van der Waals surface area contributed by atoms with E-state index in [1.807, 2.05) is 67.6 Å². The van der Waals surface area contributed by atoms with Crippen LogP contribution in [0.25, 0.3) is 11.3 Å². The Labute approximate surface area is 256 Å². The zero-order chi connectivity index (χ0) is 30.0. The number of H-pyrrole nitrogens is 1. The van der Waals surface area contributed by atoms with Crippen molar-refractivity contribution in [2.24, 2.45) is 0 Å². The molecule has 0 radical (unpaired) electrons. The zero-order valence-electron chi connectivity index (χ0n) is 24.3. The van der Waals surface area contributed by atoms with Crippen molar-refractivity contribution >= 4 is 29.9 Å². The highest BCUT2D eigenvalue weighted by Crippen LogP contribution is 2.28. The van der Waals surface area contributed by atoms with Crippen molar-refractivity contribution in [3.05, 3.63) is 137 Å². The fourth-order valence-electron chi connectivity index (χ4n) is 4.90. The number of aryl methyl sites for hydroxylation is 2. The summed E-state index contributed by atoms with van der Waals surface area (Å²) in [4.78, 5) is 33.6. The average Bonchev–Trinajstić information content (AvgIpc) is 3.42. The predicted octanol–water partition coefficient (Wildman–Crippen LogP) is 7.34. The molecule has 0 fully saturated rings. The molecule has 1 atom stereocenters. The summed E-state index contributed by atoms with van der Waals surface area (Å²) in [6.45, 7) is 4.44. The minimum Gasteiger partial charge on any atom is -0.344 e. The number of aromatic amines is 1. The van der Waals surface area contributed by atoms with Gasteiger partial charge in [0.1, 0.15) is 5.82 Å². The lowest BCUT2D eigenvalue weighted by atomic mass is 10.1. The van der Waals surface area contributed by atoms with Gasteiger partial charge >= 0.3 is 6.03 Å². The van der Waals surface area contributed by atoms with Crippen molar-refractivity contribution in [3.63, 3.8) is 0 Å². The van der Waals surface area contributed by atoms with Gasteiger partial charge in [-0.2, -0.15) is 0 Å². The van der Waals surface area contributed by atoms with Crippen LogP contribution < -0.4 is 16.0 Å². The number of thioether (sulfide) groups is 1. The van der Waals surface area contributed by atoms with Gasteiger partial charge in [-0.1, -0.05) is 90.5 Å². The third-order valence-electron chi connectivity index (χ3n) is 7.10. The van der Waals surface area contributed by atoms with Gasteiger partial charge in [-0.05, 0) is 55.2 Å². The number of hydrogen-bond donors (Lipinski definition) is 4. The van der Waals surface area contributed by atoms with Crippen LogP contribution in [0.2, 0.25) is 0 Å². The largest absolute Gasteiger partial charge is 0.344 e. The summed E-state index contributed by atoms with van der Waals surface area (Å²) in [5, 5.41) is 8.90. The van der Waals surface area contributed by atoms with Crippen molar-refractivity contribution in [1.82, 2.24) is 20.6 Å². The molecule has 218 valence electrons. The first-order chi connectivity index (χ1) is 21.0. The lowest BCUT2D eigenvalue weighted by Crippen LogP contribution is -2.39. The predicted molar refractivity (Wildman–Crippen MR) is 174 cm³/mol. The normalized spacial score (nSPS) is 11.5. The molecule has 4 aromatic carbocycles. The van der Waals surface area contributed by atoms with E-state index in [1.165, 1.54) is 5.56 Å². The third-order valence-corrected chi connectivity index (χ3v) is 8.28. The van der Waals surface area contributed by atoms with Gasteiger partial charge in [-0.15, -0.1) is 11.8 Å². The zero-order valence-corrected chi connectivity index (χ0v) is 25.1. The third kappa shape index (κ3) is 8.14. The Bertz CT molecular complexity index is 1650. The molecule has 0 saturated heterocycles. The van der Waals surface area contributed by atoms with Crippen LogP contribution in [0, 0.1) is 13.8 Å². The quantitative estimate of drug-likeness (QED) is 0.0904. The van der Waals surface area contributed by atoms with E-state index < -0.39 is 0 Å². The van der Waals surface area contributed by atoms with E-state index in [2.05, 4.69) is 70.3 Å². The van der Waals surface area contributed by atoms with Crippen LogP contribution in [-0.2, 0) is 23.5 Å².